The molecule has 1 aliphatic rings. The fourth-order valence-corrected chi connectivity index (χ4v) is 2.84. The molecule has 2 heteroatoms. The van der Waals surface area contributed by atoms with Crippen molar-refractivity contribution in [2.45, 2.75) is 50.1 Å². The third-order valence-electron chi connectivity index (χ3n) is 3.85. The first-order valence-electron chi connectivity index (χ1n) is 5.98. The molecule has 15 heavy (non-hydrogen) atoms. The van der Waals surface area contributed by atoms with Crippen molar-refractivity contribution in [3.63, 3.8) is 0 Å². The van der Waals surface area contributed by atoms with Gasteiger partial charge >= 0.3 is 0 Å². The maximum Gasteiger partial charge on any atom is 0.0870 e. The Hall–Kier alpha value is -0.520. The molecule has 0 heterocycles. The minimum absolute atomic E-state index is 0.167. The van der Waals surface area contributed by atoms with E-state index in [1.807, 2.05) is 7.05 Å². The molecule has 1 N–H and O–H groups in total. The van der Waals surface area contributed by atoms with Crippen LogP contribution < -0.4 is 5.32 Å². The van der Waals surface area contributed by atoms with Gasteiger partial charge in [-0.15, -0.1) is 6.42 Å². The average Bonchev–Trinajstić information content (AvgIpc) is 2.46. The summed E-state index contributed by atoms with van der Waals surface area (Å²) in [4.78, 5) is 2.33. The molecule has 1 unspecified atom stereocenters. The molecule has 0 aromatic heterocycles. The summed E-state index contributed by atoms with van der Waals surface area (Å²) in [5, 5.41) is 3.29. The average molecular weight is 208 g/mol. The first kappa shape index (κ1) is 12.5. The summed E-state index contributed by atoms with van der Waals surface area (Å²) < 4.78 is 0. The predicted molar refractivity (Wildman–Crippen MR) is 65.8 cm³/mol. The van der Waals surface area contributed by atoms with E-state index in [0.29, 0.717) is 0 Å². The summed E-state index contributed by atoms with van der Waals surface area (Å²) in [5.41, 5.74) is 0.167. The zero-order chi connectivity index (χ0) is 11.3. The molecule has 1 saturated carbocycles. The Balaban J connectivity index is 2.89. The van der Waals surface area contributed by atoms with Crippen LogP contribution >= 0.6 is 0 Å². The van der Waals surface area contributed by atoms with E-state index >= 15 is 0 Å². The molecule has 0 spiro atoms. The third kappa shape index (κ3) is 2.53. The van der Waals surface area contributed by atoms with E-state index < -0.39 is 0 Å². The molecule has 1 aliphatic carbocycles. The topological polar surface area (TPSA) is 15.3 Å². The lowest BCUT2D eigenvalue weighted by Crippen LogP contribution is -2.57. The minimum Gasteiger partial charge on any atom is -0.305 e. The van der Waals surface area contributed by atoms with Crippen molar-refractivity contribution in [2.24, 2.45) is 0 Å². The van der Waals surface area contributed by atoms with E-state index in [-0.39, 0.29) is 11.6 Å². The van der Waals surface area contributed by atoms with Gasteiger partial charge in [0.15, 0.2) is 0 Å². The Morgan fingerprint density at radius 1 is 1.20 bits per heavy atom. The smallest absolute Gasteiger partial charge is 0.0870 e. The second-order valence-corrected chi connectivity index (χ2v) is 4.80. The summed E-state index contributed by atoms with van der Waals surface area (Å²) in [7, 11) is 6.29. The quantitative estimate of drug-likeness (QED) is 0.562. The maximum absolute atomic E-state index is 5.65. The largest absolute Gasteiger partial charge is 0.305 e. The van der Waals surface area contributed by atoms with Gasteiger partial charge in [0.25, 0.3) is 0 Å². The zero-order valence-corrected chi connectivity index (χ0v) is 10.3. The standard InChI is InChI=1S/C13H24N2/c1-5-12(14-2)13(15(3)4)10-8-6-7-9-11-13/h1,12,14H,6-11H2,2-4H3. The van der Waals surface area contributed by atoms with Gasteiger partial charge in [0, 0.05) is 5.54 Å². The van der Waals surface area contributed by atoms with Crippen molar-refractivity contribution in [1.29, 1.82) is 0 Å². The summed E-state index contributed by atoms with van der Waals surface area (Å²) in [6, 6.07) is 0.172. The lowest BCUT2D eigenvalue weighted by atomic mass is 9.81. The highest BCUT2D eigenvalue weighted by Gasteiger charge is 2.39. The molecule has 86 valence electrons. The van der Waals surface area contributed by atoms with Crippen LogP contribution in [0.15, 0.2) is 0 Å². The highest BCUT2D eigenvalue weighted by atomic mass is 15.2. The Kier molecular flexibility index (Phi) is 4.63. The van der Waals surface area contributed by atoms with E-state index in [2.05, 4.69) is 30.2 Å². The molecule has 0 aromatic rings. The Labute approximate surface area is 94.4 Å². The van der Waals surface area contributed by atoms with Gasteiger partial charge in [0.2, 0.25) is 0 Å². The Morgan fingerprint density at radius 3 is 2.07 bits per heavy atom. The van der Waals surface area contributed by atoms with Crippen molar-refractivity contribution in [3.8, 4) is 12.3 Å². The molecule has 0 bridgehead atoms. The van der Waals surface area contributed by atoms with Crippen molar-refractivity contribution in [1.82, 2.24) is 10.2 Å². The summed E-state index contributed by atoms with van der Waals surface area (Å²) in [5.74, 6) is 2.92. The second kappa shape index (κ2) is 5.53. The normalized spacial score (nSPS) is 23.1. The molecule has 0 saturated heterocycles. The number of terminal acetylenes is 1. The first-order valence-corrected chi connectivity index (χ1v) is 5.98. The van der Waals surface area contributed by atoms with Crippen molar-refractivity contribution < 1.29 is 0 Å². The number of nitrogens with zero attached hydrogens (tertiary/aromatic N) is 1. The monoisotopic (exact) mass is 208 g/mol. The molecule has 0 aromatic carbocycles. The third-order valence-corrected chi connectivity index (χ3v) is 3.85. The van der Waals surface area contributed by atoms with Gasteiger partial charge < -0.3 is 10.2 Å². The number of hydrogen-bond acceptors (Lipinski definition) is 2. The fourth-order valence-electron chi connectivity index (χ4n) is 2.84. The Bertz CT molecular complexity index is 219. The predicted octanol–water partition coefficient (Wildman–Crippen LogP) is 1.86. The van der Waals surface area contributed by atoms with Crippen LogP contribution in [0.1, 0.15) is 38.5 Å². The van der Waals surface area contributed by atoms with Gasteiger partial charge in [-0.3, -0.25) is 0 Å². The molecule has 1 atom stereocenters. The van der Waals surface area contributed by atoms with Crippen molar-refractivity contribution in [2.75, 3.05) is 21.1 Å². The number of nitrogens with one attached hydrogen (secondary N) is 1. The summed E-state index contributed by atoms with van der Waals surface area (Å²) >= 11 is 0. The SMILES string of the molecule is C#CC(NC)C1(N(C)C)CCCCCC1. The van der Waals surface area contributed by atoms with E-state index in [4.69, 9.17) is 6.42 Å². The Morgan fingerprint density at radius 2 is 1.73 bits per heavy atom. The summed E-state index contributed by atoms with van der Waals surface area (Å²) in [6.45, 7) is 0. The number of rotatable bonds is 3. The van der Waals surface area contributed by atoms with Gasteiger partial charge in [-0.2, -0.15) is 0 Å². The van der Waals surface area contributed by atoms with Crippen LogP contribution in [-0.4, -0.2) is 37.6 Å². The first-order chi connectivity index (χ1) is 7.17. The van der Waals surface area contributed by atoms with Gasteiger partial charge in [-0.05, 0) is 34.0 Å². The lowest BCUT2D eigenvalue weighted by Gasteiger charge is -2.43. The van der Waals surface area contributed by atoms with Crippen LogP contribution in [0, 0.1) is 12.3 Å². The molecule has 1 fully saturated rings. The van der Waals surface area contributed by atoms with Crippen LogP contribution in [0.4, 0.5) is 0 Å². The minimum atomic E-state index is 0.167. The van der Waals surface area contributed by atoms with Crippen LogP contribution in [0.3, 0.4) is 0 Å². The fraction of sp³-hybridized carbons (Fsp3) is 0.846. The van der Waals surface area contributed by atoms with Crippen molar-refractivity contribution >= 4 is 0 Å². The summed E-state index contributed by atoms with van der Waals surface area (Å²) in [6.07, 6.45) is 13.4. The maximum atomic E-state index is 5.65. The molecular weight excluding hydrogens is 184 g/mol. The number of hydrogen-bond donors (Lipinski definition) is 1. The molecule has 0 radical (unpaired) electrons. The van der Waals surface area contributed by atoms with Gasteiger partial charge in [-0.1, -0.05) is 31.6 Å². The molecule has 0 amide bonds. The molecule has 1 rings (SSSR count). The van der Waals surface area contributed by atoms with E-state index in [9.17, 15) is 0 Å². The zero-order valence-electron chi connectivity index (χ0n) is 10.3. The van der Waals surface area contributed by atoms with Crippen LogP contribution in [0.5, 0.6) is 0 Å². The van der Waals surface area contributed by atoms with Gasteiger partial charge in [-0.25, -0.2) is 0 Å². The van der Waals surface area contributed by atoms with Gasteiger partial charge in [0.05, 0.1) is 6.04 Å². The lowest BCUT2D eigenvalue weighted by molar-refractivity contribution is 0.105. The highest BCUT2D eigenvalue weighted by molar-refractivity contribution is 5.13. The van der Waals surface area contributed by atoms with Gasteiger partial charge in [0.1, 0.15) is 0 Å². The van der Waals surface area contributed by atoms with E-state index in [1.165, 1.54) is 38.5 Å². The van der Waals surface area contributed by atoms with Crippen molar-refractivity contribution in [3.05, 3.63) is 0 Å². The molecule has 0 aliphatic heterocycles. The molecule has 2 nitrogen and oxygen atoms in total. The van der Waals surface area contributed by atoms with Crippen LogP contribution in [0.2, 0.25) is 0 Å². The van der Waals surface area contributed by atoms with E-state index in [0.717, 1.165) is 0 Å². The highest BCUT2D eigenvalue weighted by Crippen LogP contribution is 2.33. The van der Waals surface area contributed by atoms with E-state index in [1.54, 1.807) is 0 Å². The van der Waals surface area contributed by atoms with Crippen LogP contribution in [-0.2, 0) is 0 Å². The molecular formula is C13H24N2. The van der Waals surface area contributed by atoms with Crippen LogP contribution in [0.25, 0.3) is 0 Å². The number of likely N-dealkylation sites (N-methyl/N-ethyl adjacent to an activating group) is 2. The second-order valence-electron chi connectivity index (χ2n) is 4.80.